The second-order valence-corrected chi connectivity index (χ2v) is 5.37. The predicted octanol–water partition coefficient (Wildman–Crippen LogP) is 2.51. The summed E-state index contributed by atoms with van der Waals surface area (Å²) in [6.07, 6.45) is 3.30. The Balaban J connectivity index is 2.18. The first-order chi connectivity index (χ1) is 8.13. The molecule has 2 atom stereocenters. The molecule has 0 aromatic heterocycles. The summed E-state index contributed by atoms with van der Waals surface area (Å²) in [6, 6.07) is 6.41. The van der Waals surface area contributed by atoms with Gasteiger partial charge in [0.2, 0.25) is 0 Å². The average molecular weight is 233 g/mol. The Hall–Kier alpha value is -0.860. The molecule has 94 valence electrons. The van der Waals surface area contributed by atoms with Crippen LogP contribution in [0.4, 0.5) is 0 Å². The van der Waals surface area contributed by atoms with Crippen molar-refractivity contribution in [1.29, 1.82) is 0 Å². The lowest BCUT2D eigenvalue weighted by molar-refractivity contribution is 0.0420. The number of hydrogen-bond donors (Lipinski definition) is 2. The van der Waals surface area contributed by atoms with Crippen molar-refractivity contribution in [2.24, 2.45) is 11.7 Å². The molecule has 17 heavy (non-hydrogen) atoms. The minimum Gasteiger partial charge on any atom is -0.392 e. The lowest BCUT2D eigenvalue weighted by Crippen LogP contribution is -2.35. The van der Waals surface area contributed by atoms with Gasteiger partial charge in [0.05, 0.1) is 6.10 Å². The molecule has 1 aromatic carbocycles. The molecule has 1 aliphatic rings. The van der Waals surface area contributed by atoms with Gasteiger partial charge in [0.25, 0.3) is 0 Å². The SMILES string of the molecule is Cc1ccc(C(CN)C(O)C2CCC2)cc1C. The van der Waals surface area contributed by atoms with Crippen LogP contribution in [0.1, 0.15) is 41.9 Å². The normalized spacial score (nSPS) is 19.8. The fourth-order valence-electron chi connectivity index (χ4n) is 2.58. The molecule has 0 aliphatic heterocycles. The molecule has 0 radical (unpaired) electrons. The summed E-state index contributed by atoms with van der Waals surface area (Å²) in [5.74, 6) is 0.560. The van der Waals surface area contributed by atoms with Crippen molar-refractivity contribution >= 4 is 0 Å². The van der Waals surface area contributed by atoms with E-state index in [2.05, 4.69) is 32.0 Å². The second kappa shape index (κ2) is 5.19. The van der Waals surface area contributed by atoms with Crippen LogP contribution in [0.2, 0.25) is 0 Å². The fraction of sp³-hybridized carbons (Fsp3) is 0.600. The van der Waals surface area contributed by atoms with E-state index in [0.29, 0.717) is 12.5 Å². The molecule has 0 bridgehead atoms. The summed E-state index contributed by atoms with van der Waals surface area (Å²) >= 11 is 0. The third-order valence-electron chi connectivity index (χ3n) is 4.26. The Labute approximate surface area is 104 Å². The third kappa shape index (κ3) is 2.53. The van der Waals surface area contributed by atoms with Gasteiger partial charge in [0, 0.05) is 12.5 Å². The number of aliphatic hydroxyl groups excluding tert-OH is 1. The van der Waals surface area contributed by atoms with Crippen molar-refractivity contribution in [1.82, 2.24) is 0 Å². The van der Waals surface area contributed by atoms with E-state index in [-0.39, 0.29) is 12.0 Å². The van der Waals surface area contributed by atoms with Gasteiger partial charge >= 0.3 is 0 Å². The standard InChI is InChI=1S/C15H23NO/c1-10-6-7-13(8-11(10)2)14(9-16)15(17)12-4-3-5-12/h6-8,12,14-15,17H,3-5,9,16H2,1-2H3. The minimum atomic E-state index is -0.268. The zero-order valence-corrected chi connectivity index (χ0v) is 10.8. The Kier molecular flexibility index (Phi) is 3.85. The van der Waals surface area contributed by atoms with Crippen LogP contribution in [-0.4, -0.2) is 17.8 Å². The van der Waals surface area contributed by atoms with Crippen molar-refractivity contribution in [3.63, 3.8) is 0 Å². The number of nitrogens with two attached hydrogens (primary N) is 1. The van der Waals surface area contributed by atoms with Crippen molar-refractivity contribution in [3.05, 3.63) is 34.9 Å². The molecular formula is C15H23NO. The molecule has 2 rings (SSSR count). The summed E-state index contributed by atoms with van der Waals surface area (Å²) in [5, 5.41) is 10.4. The summed E-state index contributed by atoms with van der Waals surface area (Å²) < 4.78 is 0. The van der Waals surface area contributed by atoms with E-state index in [1.54, 1.807) is 0 Å². The first-order valence-corrected chi connectivity index (χ1v) is 6.58. The summed E-state index contributed by atoms with van der Waals surface area (Å²) in [6.45, 7) is 4.75. The zero-order chi connectivity index (χ0) is 12.4. The molecule has 3 N–H and O–H groups in total. The Morgan fingerprint density at radius 3 is 2.47 bits per heavy atom. The highest BCUT2D eigenvalue weighted by Gasteiger charge is 2.31. The number of aliphatic hydroxyl groups is 1. The van der Waals surface area contributed by atoms with Crippen LogP contribution in [0.5, 0.6) is 0 Å². The summed E-state index contributed by atoms with van der Waals surface area (Å²) in [4.78, 5) is 0. The van der Waals surface area contributed by atoms with E-state index >= 15 is 0 Å². The molecule has 1 aromatic rings. The molecule has 0 amide bonds. The van der Waals surface area contributed by atoms with Gasteiger partial charge in [0.1, 0.15) is 0 Å². The van der Waals surface area contributed by atoms with Gasteiger partial charge in [-0.25, -0.2) is 0 Å². The Morgan fingerprint density at radius 2 is 2.00 bits per heavy atom. The van der Waals surface area contributed by atoms with E-state index in [1.807, 2.05) is 0 Å². The van der Waals surface area contributed by atoms with Crippen molar-refractivity contribution < 1.29 is 5.11 Å². The van der Waals surface area contributed by atoms with Crippen LogP contribution in [0, 0.1) is 19.8 Å². The highest BCUT2D eigenvalue weighted by Crippen LogP contribution is 2.36. The van der Waals surface area contributed by atoms with Crippen LogP contribution in [0.15, 0.2) is 18.2 Å². The lowest BCUT2D eigenvalue weighted by Gasteiger charge is -2.35. The molecule has 2 nitrogen and oxygen atoms in total. The molecule has 2 heteroatoms. The van der Waals surface area contributed by atoms with Crippen molar-refractivity contribution in [2.45, 2.75) is 45.1 Å². The summed E-state index contributed by atoms with van der Waals surface area (Å²) in [5.41, 5.74) is 9.61. The largest absolute Gasteiger partial charge is 0.392 e. The van der Waals surface area contributed by atoms with E-state index in [0.717, 1.165) is 12.8 Å². The maximum Gasteiger partial charge on any atom is 0.0648 e. The first kappa shape index (κ1) is 12.6. The topological polar surface area (TPSA) is 46.2 Å². The molecule has 0 saturated heterocycles. The molecule has 1 fully saturated rings. The van der Waals surface area contributed by atoms with Crippen LogP contribution < -0.4 is 5.73 Å². The lowest BCUT2D eigenvalue weighted by atomic mass is 9.74. The van der Waals surface area contributed by atoms with Crippen LogP contribution in [-0.2, 0) is 0 Å². The Bertz CT molecular complexity index is 385. The smallest absolute Gasteiger partial charge is 0.0648 e. The fourth-order valence-corrected chi connectivity index (χ4v) is 2.58. The zero-order valence-electron chi connectivity index (χ0n) is 10.8. The van der Waals surface area contributed by atoms with Crippen LogP contribution >= 0.6 is 0 Å². The van der Waals surface area contributed by atoms with Gasteiger partial charge < -0.3 is 10.8 Å². The van der Waals surface area contributed by atoms with Gasteiger partial charge in [-0.05, 0) is 49.3 Å². The maximum absolute atomic E-state index is 10.4. The highest BCUT2D eigenvalue weighted by atomic mass is 16.3. The number of aryl methyl sites for hydroxylation is 2. The second-order valence-electron chi connectivity index (χ2n) is 5.37. The molecular weight excluding hydrogens is 210 g/mol. The van der Waals surface area contributed by atoms with E-state index < -0.39 is 0 Å². The van der Waals surface area contributed by atoms with Gasteiger partial charge in [-0.3, -0.25) is 0 Å². The molecule has 1 saturated carbocycles. The third-order valence-corrected chi connectivity index (χ3v) is 4.26. The predicted molar refractivity (Wildman–Crippen MR) is 71.1 cm³/mol. The minimum absolute atomic E-state index is 0.0969. The monoisotopic (exact) mass is 233 g/mol. The number of benzene rings is 1. The first-order valence-electron chi connectivity index (χ1n) is 6.58. The quantitative estimate of drug-likeness (QED) is 0.839. The van der Waals surface area contributed by atoms with Gasteiger partial charge in [-0.15, -0.1) is 0 Å². The molecule has 0 spiro atoms. The number of rotatable bonds is 4. The van der Waals surface area contributed by atoms with Crippen LogP contribution in [0.3, 0.4) is 0 Å². The van der Waals surface area contributed by atoms with E-state index in [4.69, 9.17) is 5.73 Å². The van der Waals surface area contributed by atoms with Gasteiger partial charge in [0.15, 0.2) is 0 Å². The van der Waals surface area contributed by atoms with Crippen LogP contribution in [0.25, 0.3) is 0 Å². The average Bonchev–Trinajstić information content (AvgIpc) is 2.22. The maximum atomic E-state index is 10.4. The van der Waals surface area contributed by atoms with E-state index in [1.165, 1.54) is 23.1 Å². The molecule has 0 heterocycles. The highest BCUT2D eigenvalue weighted by molar-refractivity contribution is 5.32. The Morgan fingerprint density at radius 1 is 1.29 bits per heavy atom. The van der Waals surface area contributed by atoms with Crippen molar-refractivity contribution in [3.8, 4) is 0 Å². The number of hydrogen-bond acceptors (Lipinski definition) is 2. The van der Waals surface area contributed by atoms with Gasteiger partial charge in [-0.1, -0.05) is 24.6 Å². The summed E-state index contributed by atoms with van der Waals surface area (Å²) in [7, 11) is 0. The van der Waals surface area contributed by atoms with Crippen molar-refractivity contribution in [2.75, 3.05) is 6.54 Å². The molecule has 1 aliphatic carbocycles. The van der Waals surface area contributed by atoms with Gasteiger partial charge in [-0.2, -0.15) is 0 Å². The van der Waals surface area contributed by atoms with E-state index in [9.17, 15) is 5.11 Å². The molecule has 2 unspecified atom stereocenters.